The predicted octanol–water partition coefficient (Wildman–Crippen LogP) is 38.4. The first-order valence-electron chi connectivity index (χ1n) is 54.1. The first-order valence-corrected chi connectivity index (χ1v) is 54.1. The van der Waals surface area contributed by atoms with Gasteiger partial charge in [-0.1, -0.05) is 470 Å². The fourth-order valence-electron chi connectivity index (χ4n) is 25.4. The molecule has 0 aliphatic heterocycles. The van der Waals surface area contributed by atoms with Gasteiger partial charge in [0.15, 0.2) is 0 Å². The fourth-order valence-corrected chi connectivity index (χ4v) is 25.4. The normalized spacial score (nSPS) is 16.6. The van der Waals surface area contributed by atoms with Gasteiger partial charge in [0.2, 0.25) is 0 Å². The van der Waals surface area contributed by atoms with Gasteiger partial charge in [-0.05, 0) is 307 Å². The minimum absolute atomic E-state index is 0.396. The van der Waals surface area contributed by atoms with Crippen LogP contribution in [-0.2, 0) is 10.8 Å². The van der Waals surface area contributed by atoms with E-state index in [2.05, 4.69) is 340 Å². The van der Waals surface area contributed by atoms with Gasteiger partial charge >= 0.3 is 0 Å². The zero-order valence-corrected chi connectivity index (χ0v) is 81.3. The molecule has 0 saturated heterocycles. The minimum atomic E-state index is -0.396. The average molecular weight is 1790 g/mol. The van der Waals surface area contributed by atoms with E-state index in [1.54, 1.807) is 0 Å². The van der Waals surface area contributed by atoms with Crippen LogP contribution in [0.4, 0.5) is 0 Å². The number of rotatable bonds is 35. The second-order valence-corrected chi connectivity index (χ2v) is 42.1. The molecule has 0 atom stereocenters. The Morgan fingerprint density at radius 3 is 0.449 bits per heavy atom. The third kappa shape index (κ3) is 22.1. The van der Waals surface area contributed by atoms with Crippen molar-refractivity contribution in [2.45, 2.75) is 303 Å². The Labute approximate surface area is 816 Å². The van der Waals surface area contributed by atoms with Crippen LogP contribution in [0.3, 0.4) is 0 Å². The van der Waals surface area contributed by atoms with Crippen molar-refractivity contribution in [2.24, 2.45) is 0 Å². The van der Waals surface area contributed by atoms with Crippen molar-refractivity contribution in [1.82, 2.24) is 0 Å². The fraction of sp³-hybridized carbons (Fsp3) is 0.373. The molecule has 0 aromatic heterocycles. The molecule has 694 valence electrons. The monoisotopic (exact) mass is 1790 g/mol. The Balaban J connectivity index is 0.488. The molecule has 14 aromatic carbocycles. The average Bonchev–Trinajstić information content (AvgIpc) is 0.748. The van der Waals surface area contributed by atoms with Crippen LogP contribution in [-0.4, -0.2) is 13.2 Å². The SMILES string of the molecule is c1cc(-c2ccc(OCCCCCCC(c3ccc(-c4ccc(C5CCCCC5)cc4)cc3)(c3ccc(-c4ccc(C5CCCCC5)cc4)cc3)c3ccc(-c4ccc(C5CCCCC5)cc4)cc3)cc2)ccc1OCCCCCCC(c1ccc(-c2ccc(C3CCCCC3)cc2)cc1)(c1ccc(-c2ccc(C3CCCCC3)cc2)cc1)c1ccc(-c2ccc(C3CCCCC3)cc2)cc1. The van der Waals surface area contributed by atoms with Crippen LogP contribution < -0.4 is 9.47 Å². The van der Waals surface area contributed by atoms with E-state index < -0.39 is 10.8 Å². The molecule has 0 radical (unpaired) electrons. The molecule has 0 heterocycles. The van der Waals surface area contributed by atoms with Gasteiger partial charge in [0.1, 0.15) is 11.5 Å². The van der Waals surface area contributed by atoms with E-state index in [-0.39, 0.29) is 0 Å². The summed E-state index contributed by atoms with van der Waals surface area (Å²) in [5, 5.41) is 0. The van der Waals surface area contributed by atoms with Gasteiger partial charge in [0, 0.05) is 10.8 Å². The molecule has 2 nitrogen and oxygen atoms in total. The minimum Gasteiger partial charge on any atom is -0.494 e. The van der Waals surface area contributed by atoms with E-state index in [0.717, 1.165) is 75.7 Å². The Hall–Kier alpha value is -11.3. The first kappa shape index (κ1) is 92.4. The van der Waals surface area contributed by atoms with Crippen molar-refractivity contribution in [3.63, 3.8) is 0 Å². The number of hydrogen-bond acceptors (Lipinski definition) is 2. The van der Waals surface area contributed by atoms with Gasteiger partial charge in [-0.25, -0.2) is 0 Å². The Bertz CT molecular complexity index is 5110. The van der Waals surface area contributed by atoms with Crippen LogP contribution >= 0.6 is 0 Å². The summed E-state index contributed by atoms with van der Waals surface area (Å²) in [4.78, 5) is 0. The second kappa shape index (κ2) is 45.3. The van der Waals surface area contributed by atoms with E-state index in [9.17, 15) is 0 Å². The highest BCUT2D eigenvalue weighted by Crippen LogP contribution is 2.50. The third-order valence-corrected chi connectivity index (χ3v) is 33.7. The molecule has 0 bridgehead atoms. The van der Waals surface area contributed by atoms with Crippen LogP contribution in [0.2, 0.25) is 0 Å². The van der Waals surface area contributed by atoms with E-state index in [0.29, 0.717) is 48.7 Å². The summed E-state index contributed by atoms with van der Waals surface area (Å²) in [5.74, 6) is 6.00. The zero-order valence-electron chi connectivity index (χ0n) is 81.3. The van der Waals surface area contributed by atoms with Crippen molar-refractivity contribution < 1.29 is 9.47 Å². The third-order valence-electron chi connectivity index (χ3n) is 33.7. The van der Waals surface area contributed by atoms with Crippen LogP contribution in [0.5, 0.6) is 11.5 Å². The van der Waals surface area contributed by atoms with Gasteiger partial charge in [-0.2, -0.15) is 0 Å². The Kier molecular flexibility index (Phi) is 30.8. The summed E-state index contributed by atoms with van der Waals surface area (Å²) in [5.41, 5.74) is 34.1. The van der Waals surface area contributed by atoms with Crippen LogP contribution in [0.15, 0.2) is 340 Å². The van der Waals surface area contributed by atoms with E-state index in [4.69, 9.17) is 9.47 Å². The molecule has 0 N–H and O–H groups in total. The maximum atomic E-state index is 6.57. The standard InChI is InChI=1S/C134H146O2/c1(23-95-133(125-79-63-117(64-80-125)111-51-39-105(40-52-111)99-27-11-5-12-28-99,126-81-65-118(66-82-126)112-53-41-106(42-54-112)100-29-13-6-14-30-100)127-83-67-119(68-84-127)113-55-43-107(44-56-113)101-31-15-7-16-32-101)3-25-97-135-131-91-75-123(76-92-131)124-77-93-132(94-78-124)136-98-26-4-2-24-96-134(128-85-69-120(70-86-128)114-57-45-108(46-58-114)102-33-17-8-18-34-102,129-87-71-121(72-88-129)115-59-47-109(48-60-115)103-35-19-9-20-36-103)130-89-73-122(74-90-130)116-61-49-110(50-62-116)104-37-21-10-22-38-104/h39-94,99-104H,1-38,95-98H2. The highest BCUT2D eigenvalue weighted by molar-refractivity contribution is 5.73. The summed E-state index contributed by atoms with van der Waals surface area (Å²) in [6, 6.07) is 134. The molecule has 0 amide bonds. The Morgan fingerprint density at radius 2 is 0.287 bits per heavy atom. The van der Waals surface area contributed by atoms with Crippen LogP contribution in [0.25, 0.3) is 77.9 Å². The van der Waals surface area contributed by atoms with Crippen molar-refractivity contribution in [3.8, 4) is 89.4 Å². The molecular formula is C134H146O2. The van der Waals surface area contributed by atoms with Crippen molar-refractivity contribution >= 4 is 0 Å². The van der Waals surface area contributed by atoms with Crippen molar-refractivity contribution in [1.29, 1.82) is 0 Å². The van der Waals surface area contributed by atoms with Crippen molar-refractivity contribution in [3.05, 3.63) is 406 Å². The van der Waals surface area contributed by atoms with E-state index >= 15 is 0 Å². The van der Waals surface area contributed by atoms with E-state index in [1.807, 2.05) is 0 Å². The maximum absolute atomic E-state index is 6.57. The summed E-state index contributed by atoms with van der Waals surface area (Å²) in [7, 11) is 0. The molecule has 136 heavy (non-hydrogen) atoms. The predicted molar refractivity (Wildman–Crippen MR) is 575 cm³/mol. The van der Waals surface area contributed by atoms with Gasteiger partial charge in [-0.3, -0.25) is 0 Å². The van der Waals surface area contributed by atoms with Crippen LogP contribution in [0.1, 0.15) is 359 Å². The Morgan fingerprint density at radius 1 is 0.147 bits per heavy atom. The highest BCUT2D eigenvalue weighted by atomic mass is 16.5. The maximum Gasteiger partial charge on any atom is 0.119 e. The smallest absolute Gasteiger partial charge is 0.119 e. The molecule has 2 heteroatoms. The van der Waals surface area contributed by atoms with Gasteiger partial charge in [0.25, 0.3) is 0 Å². The van der Waals surface area contributed by atoms with Crippen molar-refractivity contribution in [2.75, 3.05) is 13.2 Å². The summed E-state index contributed by atoms with van der Waals surface area (Å²) in [6.07, 6.45) is 50.8. The number of benzene rings is 14. The lowest BCUT2D eigenvalue weighted by Crippen LogP contribution is -2.29. The molecule has 0 unspecified atom stereocenters. The van der Waals surface area contributed by atoms with Gasteiger partial charge in [0.05, 0.1) is 13.2 Å². The number of unbranched alkanes of at least 4 members (excludes halogenated alkanes) is 6. The topological polar surface area (TPSA) is 18.5 Å². The number of ether oxygens (including phenoxy) is 2. The van der Waals surface area contributed by atoms with Gasteiger partial charge in [-0.15, -0.1) is 0 Å². The number of hydrogen-bond donors (Lipinski definition) is 0. The lowest BCUT2D eigenvalue weighted by Gasteiger charge is -2.37. The quantitative estimate of drug-likeness (QED) is 0.0291. The molecule has 6 aliphatic rings. The zero-order chi connectivity index (χ0) is 91.3. The molecule has 14 aromatic rings. The molecular weight excluding hydrogens is 1640 g/mol. The molecule has 6 aliphatic carbocycles. The van der Waals surface area contributed by atoms with Gasteiger partial charge < -0.3 is 9.47 Å². The van der Waals surface area contributed by atoms with E-state index in [1.165, 1.54) is 337 Å². The van der Waals surface area contributed by atoms with Crippen LogP contribution in [0, 0.1) is 0 Å². The summed E-state index contributed by atoms with van der Waals surface area (Å²) >= 11 is 0. The summed E-state index contributed by atoms with van der Waals surface area (Å²) < 4.78 is 13.1. The first-order chi connectivity index (χ1) is 67.3. The lowest BCUT2D eigenvalue weighted by atomic mass is 9.66. The molecule has 6 saturated carbocycles. The second-order valence-electron chi connectivity index (χ2n) is 42.1. The highest BCUT2D eigenvalue weighted by Gasteiger charge is 2.39. The lowest BCUT2D eigenvalue weighted by molar-refractivity contribution is 0.303. The summed E-state index contributed by atoms with van der Waals surface area (Å²) in [6.45, 7) is 1.37. The molecule has 6 fully saturated rings. The molecule has 20 rings (SSSR count). The largest absolute Gasteiger partial charge is 0.494 e. The molecule has 0 spiro atoms.